The van der Waals surface area contributed by atoms with E-state index in [2.05, 4.69) is 22.6 Å². The highest BCUT2D eigenvalue weighted by molar-refractivity contribution is 5.47. The van der Waals surface area contributed by atoms with Crippen molar-refractivity contribution in [2.75, 3.05) is 19.0 Å². The van der Waals surface area contributed by atoms with Crippen LogP contribution in [-0.4, -0.2) is 13.6 Å². The van der Waals surface area contributed by atoms with Crippen molar-refractivity contribution in [3.05, 3.63) is 29.8 Å². The fraction of sp³-hybridized carbons (Fsp3) is 0.200. The Bertz CT molecular complexity index is 305. The third-order valence-electron chi connectivity index (χ3n) is 1.55. The molecule has 0 aliphatic rings. The van der Waals surface area contributed by atoms with E-state index in [1.54, 1.807) is 0 Å². The molecular weight excluding hydrogens is 162 g/mol. The van der Waals surface area contributed by atoms with Crippen molar-refractivity contribution in [2.45, 2.75) is 0 Å². The molecule has 1 rings (SSSR count). The zero-order valence-corrected chi connectivity index (χ0v) is 7.59. The maximum atomic E-state index is 5.23. The second kappa shape index (κ2) is 5.20. The largest absolute Gasteiger partial charge is 0.324 e. The fourth-order valence-corrected chi connectivity index (χ4v) is 0.884. The third kappa shape index (κ3) is 3.16. The van der Waals surface area contributed by atoms with Crippen molar-refractivity contribution in [1.82, 2.24) is 5.32 Å². The Balaban J connectivity index is 2.65. The Morgan fingerprint density at radius 3 is 2.54 bits per heavy atom. The molecule has 0 aliphatic carbocycles. The first-order valence-corrected chi connectivity index (χ1v) is 4.07. The number of hydrogen-bond donors (Lipinski definition) is 3. The number of nitrogen functional groups attached to an aromatic ring is 1. The van der Waals surface area contributed by atoms with Crippen molar-refractivity contribution in [2.24, 2.45) is 5.84 Å². The van der Waals surface area contributed by atoms with Gasteiger partial charge in [-0.1, -0.05) is 11.8 Å². The average molecular weight is 175 g/mol. The van der Waals surface area contributed by atoms with Crippen LogP contribution in [0.5, 0.6) is 0 Å². The molecule has 4 N–H and O–H groups in total. The second-order valence-electron chi connectivity index (χ2n) is 2.55. The minimum absolute atomic E-state index is 0.705. The van der Waals surface area contributed by atoms with Crippen molar-refractivity contribution in [3.63, 3.8) is 0 Å². The van der Waals surface area contributed by atoms with E-state index in [0.717, 1.165) is 11.3 Å². The monoisotopic (exact) mass is 175 g/mol. The standard InChI is InChI=1S/C10H13N3/c1-12-8-2-3-9-4-6-10(13-11)7-5-9/h4-7,12-13H,8,11H2,1H3. The second-order valence-corrected chi connectivity index (χ2v) is 2.55. The summed E-state index contributed by atoms with van der Waals surface area (Å²) in [5.41, 5.74) is 4.44. The summed E-state index contributed by atoms with van der Waals surface area (Å²) in [5.74, 6) is 11.2. The number of nitrogens with one attached hydrogen (secondary N) is 2. The molecule has 0 saturated carbocycles. The van der Waals surface area contributed by atoms with Gasteiger partial charge < -0.3 is 10.7 Å². The van der Waals surface area contributed by atoms with E-state index >= 15 is 0 Å². The summed E-state index contributed by atoms with van der Waals surface area (Å²) < 4.78 is 0. The van der Waals surface area contributed by atoms with Crippen LogP contribution < -0.4 is 16.6 Å². The summed E-state index contributed by atoms with van der Waals surface area (Å²) >= 11 is 0. The van der Waals surface area contributed by atoms with Gasteiger partial charge in [-0.25, -0.2) is 0 Å². The molecule has 0 unspecified atom stereocenters. The van der Waals surface area contributed by atoms with Crippen LogP contribution in [0.25, 0.3) is 0 Å². The van der Waals surface area contributed by atoms with Gasteiger partial charge in [0.05, 0.1) is 6.54 Å². The summed E-state index contributed by atoms with van der Waals surface area (Å²) in [6, 6.07) is 7.64. The van der Waals surface area contributed by atoms with Crippen LogP contribution in [0.3, 0.4) is 0 Å². The Hall–Kier alpha value is -1.50. The molecule has 0 atom stereocenters. The molecule has 0 amide bonds. The minimum atomic E-state index is 0.705. The van der Waals surface area contributed by atoms with Gasteiger partial charge in [-0.2, -0.15) is 0 Å². The van der Waals surface area contributed by atoms with Gasteiger partial charge in [0.1, 0.15) is 0 Å². The van der Waals surface area contributed by atoms with E-state index in [-0.39, 0.29) is 0 Å². The van der Waals surface area contributed by atoms with E-state index in [9.17, 15) is 0 Å². The molecule has 0 saturated heterocycles. The first kappa shape index (κ1) is 9.59. The van der Waals surface area contributed by atoms with E-state index in [1.165, 1.54) is 0 Å². The van der Waals surface area contributed by atoms with Gasteiger partial charge in [0.25, 0.3) is 0 Å². The number of nitrogens with two attached hydrogens (primary N) is 1. The molecule has 13 heavy (non-hydrogen) atoms. The van der Waals surface area contributed by atoms with Gasteiger partial charge >= 0.3 is 0 Å². The molecular formula is C10H13N3. The van der Waals surface area contributed by atoms with Crippen LogP contribution in [0, 0.1) is 11.8 Å². The molecule has 3 heteroatoms. The van der Waals surface area contributed by atoms with Crippen molar-refractivity contribution < 1.29 is 0 Å². The van der Waals surface area contributed by atoms with Crippen LogP contribution in [0.1, 0.15) is 5.56 Å². The van der Waals surface area contributed by atoms with Crippen LogP contribution in [0.15, 0.2) is 24.3 Å². The molecule has 0 heterocycles. The smallest absolute Gasteiger partial charge is 0.0577 e. The van der Waals surface area contributed by atoms with Crippen LogP contribution in [0.2, 0.25) is 0 Å². The topological polar surface area (TPSA) is 50.1 Å². The first-order chi connectivity index (χ1) is 6.36. The fourth-order valence-electron chi connectivity index (χ4n) is 0.884. The Kier molecular flexibility index (Phi) is 3.83. The molecule has 1 aromatic carbocycles. The predicted molar refractivity (Wildman–Crippen MR) is 55.1 cm³/mol. The lowest BCUT2D eigenvalue weighted by Crippen LogP contribution is -2.06. The Labute approximate surface area is 78.3 Å². The van der Waals surface area contributed by atoms with Gasteiger partial charge in [0, 0.05) is 11.3 Å². The van der Waals surface area contributed by atoms with E-state index in [4.69, 9.17) is 5.84 Å². The summed E-state index contributed by atoms with van der Waals surface area (Å²) in [4.78, 5) is 0. The Morgan fingerprint density at radius 1 is 1.31 bits per heavy atom. The van der Waals surface area contributed by atoms with Crippen molar-refractivity contribution >= 4 is 5.69 Å². The highest BCUT2D eigenvalue weighted by Crippen LogP contribution is 2.06. The van der Waals surface area contributed by atoms with E-state index < -0.39 is 0 Å². The maximum absolute atomic E-state index is 5.23. The van der Waals surface area contributed by atoms with Crippen molar-refractivity contribution in [1.29, 1.82) is 0 Å². The molecule has 68 valence electrons. The van der Waals surface area contributed by atoms with Gasteiger partial charge in [0.2, 0.25) is 0 Å². The number of hydrogen-bond acceptors (Lipinski definition) is 3. The summed E-state index contributed by atoms with van der Waals surface area (Å²) in [5, 5.41) is 2.95. The molecule has 3 nitrogen and oxygen atoms in total. The molecule has 0 aliphatic heterocycles. The van der Waals surface area contributed by atoms with Gasteiger partial charge in [-0.15, -0.1) is 0 Å². The number of anilines is 1. The molecule has 0 spiro atoms. The molecule has 0 aromatic heterocycles. The third-order valence-corrected chi connectivity index (χ3v) is 1.55. The molecule has 0 bridgehead atoms. The van der Waals surface area contributed by atoms with Crippen LogP contribution in [-0.2, 0) is 0 Å². The van der Waals surface area contributed by atoms with E-state index in [0.29, 0.717) is 6.54 Å². The Morgan fingerprint density at radius 2 is 2.00 bits per heavy atom. The molecule has 0 radical (unpaired) electrons. The SMILES string of the molecule is CNCC#Cc1ccc(NN)cc1. The zero-order valence-electron chi connectivity index (χ0n) is 7.59. The number of hydrazine groups is 1. The lowest BCUT2D eigenvalue weighted by molar-refractivity contribution is 0.938. The van der Waals surface area contributed by atoms with Crippen LogP contribution in [0.4, 0.5) is 5.69 Å². The average Bonchev–Trinajstić information content (AvgIpc) is 2.19. The number of rotatable bonds is 2. The van der Waals surface area contributed by atoms with Gasteiger partial charge in [0.15, 0.2) is 0 Å². The van der Waals surface area contributed by atoms with Crippen LogP contribution >= 0.6 is 0 Å². The first-order valence-electron chi connectivity index (χ1n) is 4.07. The summed E-state index contributed by atoms with van der Waals surface area (Å²) in [7, 11) is 1.87. The normalized spacial score (nSPS) is 8.77. The summed E-state index contributed by atoms with van der Waals surface area (Å²) in [6.45, 7) is 0.705. The highest BCUT2D eigenvalue weighted by atomic mass is 15.2. The lowest BCUT2D eigenvalue weighted by atomic mass is 10.2. The minimum Gasteiger partial charge on any atom is -0.324 e. The van der Waals surface area contributed by atoms with E-state index in [1.807, 2.05) is 31.3 Å². The molecule has 0 fully saturated rings. The molecule has 1 aromatic rings. The highest BCUT2D eigenvalue weighted by Gasteiger charge is 1.87. The zero-order chi connectivity index (χ0) is 9.52. The lowest BCUT2D eigenvalue weighted by Gasteiger charge is -1.97. The predicted octanol–water partition coefficient (Wildman–Crippen LogP) is 0.543. The maximum Gasteiger partial charge on any atom is 0.0577 e. The summed E-state index contributed by atoms with van der Waals surface area (Å²) in [6.07, 6.45) is 0. The quantitative estimate of drug-likeness (QED) is 0.349. The van der Waals surface area contributed by atoms with Crippen molar-refractivity contribution in [3.8, 4) is 11.8 Å². The van der Waals surface area contributed by atoms with Gasteiger partial charge in [-0.05, 0) is 31.3 Å². The number of benzene rings is 1. The van der Waals surface area contributed by atoms with Gasteiger partial charge in [-0.3, -0.25) is 5.84 Å².